The minimum absolute atomic E-state index is 0.0154. The molecule has 0 aliphatic rings. The number of nitrogens with one attached hydrogen (secondary N) is 2. The lowest BCUT2D eigenvalue weighted by molar-refractivity contribution is 0.0617. The van der Waals surface area contributed by atoms with E-state index in [2.05, 4.69) is 42.0 Å². The first-order chi connectivity index (χ1) is 11.8. The van der Waals surface area contributed by atoms with Crippen molar-refractivity contribution >= 4 is 17.3 Å². The number of hydrogen-bond acceptors (Lipinski definition) is 3. The van der Waals surface area contributed by atoms with Crippen LogP contribution in [0.2, 0.25) is 0 Å². The van der Waals surface area contributed by atoms with Crippen molar-refractivity contribution in [3.63, 3.8) is 0 Å². The summed E-state index contributed by atoms with van der Waals surface area (Å²) in [5.41, 5.74) is -0.0867. The second kappa shape index (κ2) is 8.50. The molecule has 0 aliphatic carbocycles. The van der Waals surface area contributed by atoms with Crippen molar-refractivity contribution < 1.29 is 5.11 Å². The van der Waals surface area contributed by atoms with Crippen molar-refractivity contribution in [2.24, 2.45) is 4.99 Å². The Bertz CT molecular complexity index is 664. The fourth-order valence-corrected chi connectivity index (χ4v) is 3.36. The van der Waals surface area contributed by atoms with E-state index in [1.807, 2.05) is 44.2 Å². The van der Waals surface area contributed by atoms with Crippen molar-refractivity contribution in [3.8, 4) is 0 Å². The molecule has 0 saturated carbocycles. The highest BCUT2D eigenvalue weighted by atomic mass is 32.1. The zero-order chi connectivity index (χ0) is 18.3. The van der Waals surface area contributed by atoms with E-state index in [0.29, 0.717) is 13.1 Å². The van der Waals surface area contributed by atoms with Gasteiger partial charge in [0.15, 0.2) is 5.96 Å². The maximum atomic E-state index is 10.7. The lowest BCUT2D eigenvalue weighted by Gasteiger charge is -2.26. The standard InChI is InChI=1S/C20H29N3OS/c1-5-21-18(22-14-19(2,3)17-12-9-13-25-17)23-15-20(4,24)16-10-7-6-8-11-16/h6-13,24H,5,14-15H2,1-4H3,(H2,21,22,23). The van der Waals surface area contributed by atoms with Crippen LogP contribution in [0, 0.1) is 0 Å². The van der Waals surface area contributed by atoms with Crippen LogP contribution in [-0.4, -0.2) is 30.7 Å². The lowest BCUT2D eigenvalue weighted by atomic mass is 9.92. The summed E-state index contributed by atoms with van der Waals surface area (Å²) in [7, 11) is 0. The number of nitrogens with zero attached hydrogens (tertiary/aromatic N) is 1. The molecule has 0 fully saturated rings. The van der Waals surface area contributed by atoms with Gasteiger partial charge in [-0.25, -0.2) is 0 Å². The Morgan fingerprint density at radius 1 is 1.08 bits per heavy atom. The molecule has 136 valence electrons. The third kappa shape index (κ3) is 5.58. The van der Waals surface area contributed by atoms with Crippen molar-refractivity contribution in [3.05, 3.63) is 58.3 Å². The third-order valence-corrected chi connectivity index (χ3v) is 5.40. The highest BCUT2D eigenvalue weighted by molar-refractivity contribution is 7.10. The summed E-state index contributed by atoms with van der Waals surface area (Å²) in [6.07, 6.45) is 0. The lowest BCUT2D eigenvalue weighted by Crippen LogP contribution is -2.45. The maximum Gasteiger partial charge on any atom is 0.191 e. The Hall–Kier alpha value is -1.85. The van der Waals surface area contributed by atoms with Gasteiger partial charge in [0.05, 0.1) is 13.1 Å². The zero-order valence-electron chi connectivity index (χ0n) is 15.5. The summed E-state index contributed by atoms with van der Waals surface area (Å²) in [6.45, 7) is 10.1. The molecule has 4 nitrogen and oxygen atoms in total. The van der Waals surface area contributed by atoms with E-state index in [-0.39, 0.29) is 5.41 Å². The molecule has 1 atom stereocenters. The molecule has 25 heavy (non-hydrogen) atoms. The molecule has 0 aliphatic heterocycles. The van der Waals surface area contributed by atoms with Crippen LogP contribution in [0.25, 0.3) is 0 Å². The quantitative estimate of drug-likeness (QED) is 0.524. The normalized spacial score (nSPS) is 14.8. The highest BCUT2D eigenvalue weighted by Gasteiger charge is 2.24. The Morgan fingerprint density at radius 3 is 2.40 bits per heavy atom. The fourth-order valence-electron chi connectivity index (χ4n) is 2.52. The second-order valence-electron chi connectivity index (χ2n) is 7.05. The van der Waals surface area contributed by atoms with E-state index in [4.69, 9.17) is 4.99 Å². The van der Waals surface area contributed by atoms with Gasteiger partial charge in [0.2, 0.25) is 0 Å². The Balaban J connectivity index is 2.03. The molecule has 1 heterocycles. The average molecular weight is 360 g/mol. The molecule has 1 unspecified atom stereocenters. The van der Waals surface area contributed by atoms with Crippen molar-refractivity contribution in [2.75, 3.05) is 19.6 Å². The van der Waals surface area contributed by atoms with E-state index in [1.165, 1.54) is 4.88 Å². The van der Waals surface area contributed by atoms with E-state index in [1.54, 1.807) is 11.3 Å². The Morgan fingerprint density at radius 2 is 1.80 bits per heavy atom. The van der Waals surface area contributed by atoms with E-state index in [9.17, 15) is 5.11 Å². The third-order valence-electron chi connectivity index (χ3n) is 4.16. The highest BCUT2D eigenvalue weighted by Crippen LogP contribution is 2.27. The van der Waals surface area contributed by atoms with E-state index in [0.717, 1.165) is 18.1 Å². The molecule has 0 bridgehead atoms. The van der Waals surface area contributed by atoms with E-state index >= 15 is 0 Å². The minimum Gasteiger partial charge on any atom is -0.384 e. The van der Waals surface area contributed by atoms with Crippen LogP contribution >= 0.6 is 11.3 Å². The Kier molecular flexibility index (Phi) is 6.62. The Labute approximate surface area is 155 Å². The number of benzene rings is 1. The van der Waals surface area contributed by atoms with Gasteiger partial charge in [-0.3, -0.25) is 4.99 Å². The molecular weight excluding hydrogens is 330 g/mol. The monoisotopic (exact) mass is 359 g/mol. The zero-order valence-corrected chi connectivity index (χ0v) is 16.4. The first-order valence-corrected chi connectivity index (χ1v) is 9.57. The summed E-state index contributed by atoms with van der Waals surface area (Å²) >= 11 is 1.76. The van der Waals surface area contributed by atoms with Crippen molar-refractivity contribution in [1.29, 1.82) is 0 Å². The largest absolute Gasteiger partial charge is 0.384 e. The van der Waals surface area contributed by atoms with Crippen molar-refractivity contribution in [1.82, 2.24) is 10.6 Å². The molecular formula is C20H29N3OS. The number of hydrogen-bond donors (Lipinski definition) is 3. The van der Waals surface area contributed by atoms with Crippen LogP contribution in [0.3, 0.4) is 0 Å². The van der Waals surface area contributed by atoms with Gasteiger partial charge in [0.1, 0.15) is 5.60 Å². The van der Waals surface area contributed by atoms with Crippen LogP contribution in [0.4, 0.5) is 0 Å². The van der Waals surface area contributed by atoms with Gasteiger partial charge in [-0.2, -0.15) is 0 Å². The van der Waals surface area contributed by atoms with Gasteiger partial charge in [0.25, 0.3) is 0 Å². The molecule has 1 aromatic heterocycles. The number of aliphatic hydroxyl groups is 1. The van der Waals surface area contributed by atoms with Crippen molar-refractivity contribution in [2.45, 2.75) is 38.7 Å². The van der Waals surface area contributed by atoms with Gasteiger partial charge in [-0.1, -0.05) is 50.2 Å². The molecule has 2 aromatic rings. The van der Waals surface area contributed by atoms with Gasteiger partial charge in [-0.05, 0) is 30.9 Å². The van der Waals surface area contributed by atoms with E-state index < -0.39 is 5.60 Å². The first-order valence-electron chi connectivity index (χ1n) is 8.69. The van der Waals surface area contributed by atoms with Crippen LogP contribution in [0.5, 0.6) is 0 Å². The number of guanidine groups is 1. The number of rotatable bonds is 7. The molecule has 0 radical (unpaired) electrons. The predicted octanol–water partition coefficient (Wildman–Crippen LogP) is 3.49. The molecule has 3 N–H and O–H groups in total. The predicted molar refractivity (Wildman–Crippen MR) is 107 cm³/mol. The van der Waals surface area contributed by atoms with Gasteiger partial charge >= 0.3 is 0 Å². The molecule has 0 amide bonds. The summed E-state index contributed by atoms with van der Waals surface area (Å²) in [6, 6.07) is 13.9. The summed E-state index contributed by atoms with van der Waals surface area (Å²) < 4.78 is 0. The van der Waals surface area contributed by atoms with Gasteiger partial charge in [0, 0.05) is 16.8 Å². The summed E-state index contributed by atoms with van der Waals surface area (Å²) in [4.78, 5) is 6.05. The SMILES string of the molecule is CCNC(=NCC(C)(C)c1cccs1)NCC(C)(O)c1ccccc1. The molecule has 1 aromatic carbocycles. The summed E-state index contributed by atoms with van der Waals surface area (Å²) in [5.74, 6) is 0.725. The number of thiophene rings is 1. The molecule has 5 heteroatoms. The van der Waals surface area contributed by atoms with Crippen LogP contribution in [-0.2, 0) is 11.0 Å². The minimum atomic E-state index is -0.958. The summed E-state index contributed by atoms with van der Waals surface area (Å²) in [5, 5.41) is 19.4. The van der Waals surface area contributed by atoms with Crippen LogP contribution < -0.4 is 10.6 Å². The molecule has 0 spiro atoms. The molecule has 0 saturated heterocycles. The average Bonchev–Trinajstić information content (AvgIpc) is 3.14. The smallest absolute Gasteiger partial charge is 0.191 e. The second-order valence-corrected chi connectivity index (χ2v) is 8.00. The topological polar surface area (TPSA) is 56.7 Å². The van der Waals surface area contributed by atoms with Gasteiger partial charge in [-0.15, -0.1) is 11.3 Å². The first kappa shape index (κ1) is 19.5. The fraction of sp³-hybridized carbons (Fsp3) is 0.450. The van der Waals surface area contributed by atoms with Crippen LogP contribution in [0.15, 0.2) is 52.8 Å². The maximum absolute atomic E-state index is 10.7. The van der Waals surface area contributed by atoms with Crippen LogP contribution in [0.1, 0.15) is 38.1 Å². The number of aliphatic imine (C=N–C) groups is 1. The molecule has 2 rings (SSSR count). The van der Waals surface area contributed by atoms with Gasteiger partial charge < -0.3 is 15.7 Å².